The maximum Gasteiger partial charge on any atom is 0.573 e. The molecule has 2 aromatic rings. The van der Waals surface area contributed by atoms with Gasteiger partial charge in [-0.25, -0.2) is 4.79 Å². The number of aromatic nitrogens is 1. The highest BCUT2D eigenvalue weighted by Crippen LogP contribution is 2.29. The minimum absolute atomic E-state index is 0.0794. The molecule has 0 saturated carbocycles. The predicted octanol–water partition coefficient (Wildman–Crippen LogP) is 3.86. The van der Waals surface area contributed by atoms with Gasteiger partial charge in [-0.15, -0.1) is 13.2 Å². The van der Waals surface area contributed by atoms with Crippen molar-refractivity contribution in [2.75, 3.05) is 5.32 Å². The monoisotopic (exact) mass is 325 g/mol. The van der Waals surface area contributed by atoms with Gasteiger partial charge in [0.05, 0.1) is 11.7 Å². The maximum atomic E-state index is 12.3. The number of amides is 2. The Balaban J connectivity index is 2.03. The van der Waals surface area contributed by atoms with E-state index >= 15 is 0 Å². The number of benzene rings is 1. The minimum Gasteiger partial charge on any atom is -0.404 e. The van der Waals surface area contributed by atoms with Gasteiger partial charge in [0.25, 0.3) is 0 Å². The topological polar surface area (TPSA) is 63.2 Å². The smallest absolute Gasteiger partial charge is 0.404 e. The van der Waals surface area contributed by atoms with Gasteiger partial charge in [-0.1, -0.05) is 12.1 Å². The second kappa shape index (κ2) is 6.99. The molecule has 8 heteroatoms. The molecule has 0 aliphatic carbocycles. The van der Waals surface area contributed by atoms with Gasteiger partial charge < -0.3 is 15.4 Å². The van der Waals surface area contributed by atoms with Crippen LogP contribution in [0.5, 0.6) is 5.75 Å². The van der Waals surface area contributed by atoms with Crippen LogP contribution in [0.15, 0.2) is 48.8 Å². The zero-order chi connectivity index (χ0) is 16.9. The SMILES string of the molecule is CC(NC(=O)Nc1ccccc1OC(F)(F)F)c1ccncc1. The fourth-order valence-electron chi connectivity index (χ4n) is 1.87. The third-order valence-corrected chi connectivity index (χ3v) is 2.91. The minimum atomic E-state index is -4.83. The highest BCUT2D eigenvalue weighted by atomic mass is 19.4. The second-order valence-electron chi connectivity index (χ2n) is 4.64. The van der Waals surface area contributed by atoms with E-state index in [0.717, 1.165) is 11.6 Å². The molecule has 23 heavy (non-hydrogen) atoms. The summed E-state index contributed by atoms with van der Waals surface area (Å²) in [6.45, 7) is 1.74. The normalized spacial score (nSPS) is 12.3. The highest BCUT2D eigenvalue weighted by Gasteiger charge is 2.32. The third kappa shape index (κ3) is 5.17. The standard InChI is InChI=1S/C15H14F3N3O2/c1-10(11-6-8-19-9-7-11)20-14(22)21-12-4-2-3-5-13(12)23-15(16,17)18/h2-10H,1H3,(H2,20,21,22). The lowest BCUT2D eigenvalue weighted by Crippen LogP contribution is -2.31. The molecule has 0 saturated heterocycles. The number of hydrogen-bond acceptors (Lipinski definition) is 3. The van der Waals surface area contributed by atoms with Crippen molar-refractivity contribution in [3.63, 3.8) is 0 Å². The van der Waals surface area contributed by atoms with E-state index in [0.29, 0.717) is 0 Å². The summed E-state index contributed by atoms with van der Waals surface area (Å²) in [4.78, 5) is 15.8. The summed E-state index contributed by atoms with van der Waals surface area (Å²) < 4.78 is 40.9. The number of rotatable bonds is 4. The first-order valence-corrected chi connectivity index (χ1v) is 6.67. The lowest BCUT2D eigenvalue weighted by atomic mass is 10.1. The van der Waals surface area contributed by atoms with E-state index < -0.39 is 18.1 Å². The number of halogens is 3. The first kappa shape index (κ1) is 16.6. The van der Waals surface area contributed by atoms with Gasteiger partial charge in [0.15, 0.2) is 5.75 Å². The molecule has 1 aromatic carbocycles. The van der Waals surface area contributed by atoms with Crippen LogP contribution in [0, 0.1) is 0 Å². The quantitative estimate of drug-likeness (QED) is 0.897. The van der Waals surface area contributed by atoms with Crippen molar-refractivity contribution in [3.05, 3.63) is 54.4 Å². The molecular formula is C15H14F3N3O2. The Hall–Kier alpha value is -2.77. The average molecular weight is 325 g/mol. The summed E-state index contributed by atoms with van der Waals surface area (Å²) in [5.74, 6) is -0.480. The molecule has 0 radical (unpaired) electrons. The van der Waals surface area contributed by atoms with Crippen molar-refractivity contribution in [2.24, 2.45) is 0 Å². The van der Waals surface area contributed by atoms with Crippen molar-refractivity contribution in [1.29, 1.82) is 0 Å². The van der Waals surface area contributed by atoms with E-state index in [2.05, 4.69) is 20.4 Å². The van der Waals surface area contributed by atoms with Gasteiger partial charge in [0.2, 0.25) is 0 Å². The number of nitrogens with one attached hydrogen (secondary N) is 2. The van der Waals surface area contributed by atoms with E-state index in [1.165, 1.54) is 18.2 Å². The molecule has 1 heterocycles. The lowest BCUT2D eigenvalue weighted by molar-refractivity contribution is -0.274. The Labute approximate surface area is 130 Å². The van der Waals surface area contributed by atoms with Crippen molar-refractivity contribution in [3.8, 4) is 5.75 Å². The molecular weight excluding hydrogens is 311 g/mol. The van der Waals surface area contributed by atoms with Crippen LogP contribution in [0.2, 0.25) is 0 Å². The van der Waals surface area contributed by atoms with Crippen LogP contribution in [-0.2, 0) is 0 Å². The van der Waals surface area contributed by atoms with Gasteiger partial charge in [-0.05, 0) is 36.8 Å². The number of urea groups is 1. The van der Waals surface area contributed by atoms with Gasteiger partial charge >= 0.3 is 12.4 Å². The van der Waals surface area contributed by atoms with E-state index in [9.17, 15) is 18.0 Å². The van der Waals surface area contributed by atoms with Crippen molar-refractivity contribution >= 4 is 11.7 Å². The summed E-state index contributed by atoms with van der Waals surface area (Å²) in [6.07, 6.45) is -1.67. The molecule has 2 amide bonds. The first-order valence-electron chi connectivity index (χ1n) is 6.67. The Bertz CT molecular complexity index is 663. The van der Waals surface area contributed by atoms with Crippen molar-refractivity contribution in [2.45, 2.75) is 19.3 Å². The van der Waals surface area contributed by atoms with Crippen LogP contribution < -0.4 is 15.4 Å². The number of carbonyl (C=O) groups is 1. The summed E-state index contributed by atoms with van der Waals surface area (Å²) in [7, 11) is 0. The first-order chi connectivity index (χ1) is 10.8. The van der Waals surface area contributed by atoms with Crippen LogP contribution in [0.25, 0.3) is 0 Å². The number of ether oxygens (including phenoxy) is 1. The van der Waals surface area contributed by atoms with E-state index in [4.69, 9.17) is 0 Å². The number of carbonyl (C=O) groups excluding carboxylic acids is 1. The number of nitrogens with zero attached hydrogens (tertiary/aromatic N) is 1. The van der Waals surface area contributed by atoms with Crippen molar-refractivity contribution in [1.82, 2.24) is 10.3 Å². The number of anilines is 1. The third-order valence-electron chi connectivity index (χ3n) is 2.91. The van der Waals surface area contributed by atoms with E-state index in [-0.39, 0.29) is 11.7 Å². The molecule has 1 unspecified atom stereocenters. The molecule has 0 aliphatic heterocycles. The molecule has 0 aliphatic rings. The maximum absolute atomic E-state index is 12.3. The molecule has 0 spiro atoms. The van der Waals surface area contributed by atoms with Gasteiger partial charge in [0, 0.05) is 12.4 Å². The lowest BCUT2D eigenvalue weighted by Gasteiger charge is -2.17. The van der Waals surface area contributed by atoms with Crippen LogP contribution in [0.3, 0.4) is 0 Å². The highest BCUT2D eigenvalue weighted by molar-refractivity contribution is 5.91. The fourth-order valence-corrected chi connectivity index (χ4v) is 1.87. The Morgan fingerprint density at radius 3 is 2.48 bits per heavy atom. The zero-order valence-corrected chi connectivity index (χ0v) is 12.1. The molecule has 1 atom stereocenters. The number of pyridine rings is 1. The molecule has 122 valence electrons. The summed E-state index contributed by atoms with van der Waals surface area (Å²) in [5, 5.41) is 4.96. The molecule has 0 fully saturated rings. The van der Waals surface area contributed by atoms with Crippen molar-refractivity contribution < 1.29 is 22.7 Å². The zero-order valence-electron chi connectivity index (χ0n) is 12.1. The van der Waals surface area contributed by atoms with E-state index in [1.807, 2.05) is 0 Å². The van der Waals surface area contributed by atoms with Crippen LogP contribution in [0.1, 0.15) is 18.5 Å². The summed E-state index contributed by atoms with van der Waals surface area (Å²) in [5.41, 5.74) is 0.735. The number of alkyl halides is 3. The van der Waals surface area contributed by atoms with Gasteiger partial charge in [-0.2, -0.15) is 0 Å². The molecule has 5 nitrogen and oxygen atoms in total. The Kier molecular flexibility index (Phi) is 5.05. The predicted molar refractivity (Wildman–Crippen MR) is 77.9 cm³/mol. The molecule has 1 aromatic heterocycles. The largest absolute Gasteiger partial charge is 0.573 e. The average Bonchev–Trinajstić information content (AvgIpc) is 2.48. The van der Waals surface area contributed by atoms with Gasteiger partial charge in [0.1, 0.15) is 0 Å². The molecule has 2 N–H and O–H groups in total. The number of hydrogen-bond donors (Lipinski definition) is 2. The van der Waals surface area contributed by atoms with Crippen LogP contribution in [0.4, 0.5) is 23.7 Å². The fraction of sp³-hybridized carbons (Fsp3) is 0.200. The Morgan fingerprint density at radius 2 is 1.83 bits per heavy atom. The van der Waals surface area contributed by atoms with Crippen LogP contribution in [-0.4, -0.2) is 17.4 Å². The Morgan fingerprint density at radius 1 is 1.17 bits per heavy atom. The summed E-state index contributed by atoms with van der Waals surface area (Å²) >= 11 is 0. The summed E-state index contributed by atoms with van der Waals surface area (Å²) in [6, 6.07) is 7.78. The van der Waals surface area contributed by atoms with Crippen LogP contribution >= 0.6 is 0 Å². The van der Waals surface area contributed by atoms with Gasteiger partial charge in [-0.3, -0.25) is 4.98 Å². The molecule has 0 bridgehead atoms. The van der Waals surface area contributed by atoms with E-state index in [1.54, 1.807) is 31.5 Å². The number of para-hydroxylation sites is 2. The molecule has 2 rings (SSSR count). The second-order valence-corrected chi connectivity index (χ2v) is 4.64.